The van der Waals surface area contributed by atoms with Crippen molar-refractivity contribution in [3.05, 3.63) is 107 Å². The van der Waals surface area contributed by atoms with Crippen LogP contribution in [0.4, 0.5) is 5.69 Å². The Balaban J connectivity index is 1.59. The fourth-order valence-corrected chi connectivity index (χ4v) is 5.48. The first-order valence-electron chi connectivity index (χ1n) is 11.5. The molecule has 4 aromatic rings. The molecule has 1 aliphatic rings. The Labute approximate surface area is 204 Å². The van der Waals surface area contributed by atoms with Gasteiger partial charge in [0.1, 0.15) is 0 Å². The summed E-state index contributed by atoms with van der Waals surface area (Å²) in [6, 6.07) is 28.7. The van der Waals surface area contributed by atoms with Gasteiger partial charge >= 0.3 is 0 Å². The number of carbonyl (C=O) groups is 1. The lowest BCUT2D eigenvalue weighted by Crippen LogP contribution is -2.35. The van der Waals surface area contributed by atoms with E-state index in [-0.39, 0.29) is 11.9 Å². The minimum atomic E-state index is 0.00831. The Hall–Kier alpha value is -3.57. The largest absolute Gasteiger partial charge is 0.340 e. The van der Waals surface area contributed by atoms with E-state index in [4.69, 9.17) is 4.99 Å². The van der Waals surface area contributed by atoms with Crippen LogP contribution in [0.15, 0.2) is 94.8 Å². The number of aromatic nitrogens is 1. The van der Waals surface area contributed by atoms with Crippen molar-refractivity contribution in [1.29, 1.82) is 0 Å². The zero-order chi connectivity index (χ0) is 23.7. The Kier molecular flexibility index (Phi) is 6.12. The van der Waals surface area contributed by atoms with E-state index >= 15 is 0 Å². The second kappa shape index (κ2) is 9.35. The fourth-order valence-electron chi connectivity index (χ4n) is 4.37. The Morgan fingerprint density at radius 1 is 0.912 bits per heavy atom. The summed E-state index contributed by atoms with van der Waals surface area (Å²) in [5.41, 5.74) is 5.51. The monoisotopic (exact) mass is 465 g/mol. The van der Waals surface area contributed by atoms with Gasteiger partial charge in [0.15, 0.2) is 5.17 Å². The van der Waals surface area contributed by atoms with Crippen LogP contribution in [0.5, 0.6) is 0 Å². The van der Waals surface area contributed by atoms with Crippen LogP contribution < -0.4 is 0 Å². The molecule has 0 saturated carbocycles. The molecule has 0 aliphatic carbocycles. The molecule has 5 rings (SSSR count). The van der Waals surface area contributed by atoms with Crippen LogP contribution in [0.3, 0.4) is 0 Å². The summed E-state index contributed by atoms with van der Waals surface area (Å²) in [5.74, 6) is 0.00831. The molecule has 0 N–H and O–H groups in total. The first-order chi connectivity index (χ1) is 16.5. The summed E-state index contributed by atoms with van der Waals surface area (Å²) in [5, 5.41) is 1.88. The lowest BCUT2D eigenvalue weighted by molar-refractivity contribution is -0.123. The number of benzene rings is 3. The number of fused-ring (bicyclic) bond motifs is 1. The van der Waals surface area contributed by atoms with Crippen LogP contribution in [-0.4, -0.2) is 26.6 Å². The quantitative estimate of drug-likeness (QED) is 0.297. The average molecular weight is 466 g/mol. The lowest BCUT2D eigenvalue weighted by atomic mass is 10.1. The van der Waals surface area contributed by atoms with E-state index < -0.39 is 0 Å². The van der Waals surface area contributed by atoms with Crippen molar-refractivity contribution in [3.63, 3.8) is 0 Å². The highest BCUT2D eigenvalue weighted by Crippen LogP contribution is 2.37. The molecule has 170 valence electrons. The van der Waals surface area contributed by atoms with Crippen molar-refractivity contribution in [1.82, 2.24) is 9.47 Å². The molecule has 0 radical (unpaired) electrons. The molecule has 2 heterocycles. The van der Waals surface area contributed by atoms with Gasteiger partial charge in [-0.15, -0.1) is 0 Å². The van der Waals surface area contributed by atoms with E-state index in [1.165, 1.54) is 22.8 Å². The molecule has 1 saturated heterocycles. The van der Waals surface area contributed by atoms with E-state index in [1.807, 2.05) is 50.2 Å². The first-order valence-corrected chi connectivity index (χ1v) is 12.3. The summed E-state index contributed by atoms with van der Waals surface area (Å²) < 4.78 is 2.33. The molecule has 4 nitrogen and oxygen atoms in total. The predicted octanol–water partition coefficient (Wildman–Crippen LogP) is 7.01. The summed E-state index contributed by atoms with van der Waals surface area (Å²) in [6.45, 7) is 6.98. The zero-order valence-corrected chi connectivity index (χ0v) is 20.4. The Morgan fingerprint density at radius 2 is 1.56 bits per heavy atom. The van der Waals surface area contributed by atoms with Gasteiger partial charge in [-0.1, -0.05) is 66.7 Å². The maximum absolute atomic E-state index is 13.4. The molecule has 0 spiro atoms. The van der Waals surface area contributed by atoms with Crippen LogP contribution in [0.2, 0.25) is 0 Å². The van der Waals surface area contributed by atoms with Crippen molar-refractivity contribution < 1.29 is 4.79 Å². The van der Waals surface area contributed by atoms with E-state index in [0.29, 0.717) is 4.91 Å². The highest BCUT2D eigenvalue weighted by atomic mass is 32.2. The maximum Gasteiger partial charge on any atom is 0.266 e. The van der Waals surface area contributed by atoms with Gasteiger partial charge in [-0.25, -0.2) is 4.99 Å². The number of amidine groups is 1. The summed E-state index contributed by atoms with van der Waals surface area (Å²) in [6.07, 6.45) is 2.05. The van der Waals surface area contributed by atoms with Crippen molar-refractivity contribution in [2.24, 2.45) is 4.99 Å². The Morgan fingerprint density at radius 3 is 2.26 bits per heavy atom. The topological polar surface area (TPSA) is 37.6 Å². The number of hydrogen-bond donors (Lipinski definition) is 0. The highest BCUT2D eigenvalue weighted by Gasteiger charge is 2.35. The summed E-state index contributed by atoms with van der Waals surface area (Å²) >= 11 is 1.45. The molecule has 34 heavy (non-hydrogen) atoms. The molecule has 1 aromatic heterocycles. The fraction of sp³-hybridized carbons (Fsp3) is 0.172. The van der Waals surface area contributed by atoms with E-state index in [0.717, 1.165) is 34.0 Å². The van der Waals surface area contributed by atoms with Crippen molar-refractivity contribution in [3.8, 4) is 0 Å². The number of hydrogen-bond acceptors (Lipinski definition) is 3. The van der Waals surface area contributed by atoms with Crippen LogP contribution in [0, 0.1) is 6.92 Å². The van der Waals surface area contributed by atoms with Crippen LogP contribution in [0.25, 0.3) is 17.0 Å². The maximum atomic E-state index is 13.4. The van der Waals surface area contributed by atoms with Gasteiger partial charge in [-0.2, -0.15) is 0 Å². The number of aliphatic imine (C=N–C) groups is 1. The third kappa shape index (κ3) is 4.19. The first kappa shape index (κ1) is 22.2. The minimum absolute atomic E-state index is 0.00831. The van der Waals surface area contributed by atoms with Crippen molar-refractivity contribution in [2.45, 2.75) is 33.4 Å². The second-order valence-electron chi connectivity index (χ2n) is 8.70. The predicted molar refractivity (Wildman–Crippen MR) is 143 cm³/mol. The normalized spacial score (nSPS) is 16.5. The Bertz CT molecular complexity index is 1400. The van der Waals surface area contributed by atoms with Gasteiger partial charge in [0.05, 0.1) is 10.6 Å². The number of thioether (sulfide) groups is 1. The average Bonchev–Trinajstić information content (AvgIpc) is 3.29. The third-order valence-corrected chi connectivity index (χ3v) is 7.06. The zero-order valence-electron chi connectivity index (χ0n) is 19.6. The molecular formula is C29H27N3OS. The molecule has 1 aliphatic heterocycles. The van der Waals surface area contributed by atoms with Gasteiger partial charge in [-0.3, -0.25) is 9.69 Å². The summed E-state index contributed by atoms with van der Waals surface area (Å²) in [4.78, 5) is 20.7. The SMILES string of the molecule is Cc1c(/C=C2/SC(=Nc3ccccc3)N(C(C)C)C2=O)c2ccccc2n1Cc1ccccc1. The molecule has 5 heteroatoms. The number of amides is 1. The van der Waals surface area contributed by atoms with Crippen LogP contribution >= 0.6 is 11.8 Å². The molecule has 3 aromatic carbocycles. The van der Waals surface area contributed by atoms with Crippen LogP contribution in [0.1, 0.15) is 30.7 Å². The molecule has 0 bridgehead atoms. The molecular weight excluding hydrogens is 438 g/mol. The number of carbonyl (C=O) groups excluding carboxylic acids is 1. The highest BCUT2D eigenvalue weighted by molar-refractivity contribution is 8.18. The second-order valence-corrected chi connectivity index (χ2v) is 9.71. The minimum Gasteiger partial charge on any atom is -0.340 e. The molecule has 1 fully saturated rings. The molecule has 0 atom stereocenters. The van der Waals surface area contributed by atoms with E-state index in [1.54, 1.807) is 4.90 Å². The summed E-state index contributed by atoms with van der Waals surface area (Å²) in [7, 11) is 0. The van der Waals surface area contributed by atoms with Gasteiger partial charge in [0.2, 0.25) is 0 Å². The number of nitrogens with zero attached hydrogens (tertiary/aromatic N) is 3. The van der Waals surface area contributed by atoms with Gasteiger partial charge < -0.3 is 4.57 Å². The van der Waals surface area contributed by atoms with E-state index in [9.17, 15) is 4.79 Å². The smallest absolute Gasteiger partial charge is 0.266 e. The third-order valence-electron chi connectivity index (χ3n) is 6.07. The standard InChI is InChI=1S/C29H27N3OS/c1-20(2)32-28(33)27(34-29(32)30-23-14-8-5-9-15-23)18-25-21(3)31(19-22-12-6-4-7-13-22)26-17-11-10-16-24(25)26/h4-18,20H,19H2,1-3H3/b27-18+,30-29?. The number of para-hydroxylation sites is 2. The van der Waals surface area contributed by atoms with Crippen molar-refractivity contribution in [2.75, 3.05) is 0 Å². The lowest BCUT2D eigenvalue weighted by Gasteiger charge is -2.19. The van der Waals surface area contributed by atoms with Gasteiger partial charge in [-0.05, 0) is 62.4 Å². The molecule has 0 unspecified atom stereocenters. The molecule has 1 amide bonds. The van der Waals surface area contributed by atoms with Gasteiger partial charge in [0, 0.05) is 34.7 Å². The number of rotatable bonds is 5. The van der Waals surface area contributed by atoms with E-state index in [2.05, 4.69) is 66.1 Å². The van der Waals surface area contributed by atoms with Crippen molar-refractivity contribution >= 4 is 45.5 Å². The van der Waals surface area contributed by atoms with Gasteiger partial charge in [0.25, 0.3) is 5.91 Å². The van der Waals surface area contributed by atoms with Crippen LogP contribution in [-0.2, 0) is 11.3 Å².